The largest absolute Gasteiger partial charge is 0.378 e. The van der Waals surface area contributed by atoms with Crippen LogP contribution < -0.4 is 5.32 Å². The maximum absolute atomic E-state index is 12.2. The molecule has 0 aliphatic carbocycles. The molecule has 0 bridgehead atoms. The fraction of sp³-hybridized carbons (Fsp3) is 0.350. The predicted octanol–water partition coefficient (Wildman–Crippen LogP) is 2.88. The lowest BCUT2D eigenvalue weighted by Crippen LogP contribution is -2.30. The summed E-state index contributed by atoms with van der Waals surface area (Å²) >= 11 is 0. The predicted molar refractivity (Wildman–Crippen MR) is 96.3 cm³/mol. The molecule has 128 valence electrons. The molecule has 0 saturated carbocycles. The Balaban J connectivity index is 2.00. The number of carbonyl (C=O) groups excluding carboxylic acids is 1. The first kappa shape index (κ1) is 18.2. The molecule has 2 rings (SSSR count). The van der Waals surface area contributed by atoms with Crippen molar-refractivity contribution in [1.29, 1.82) is 0 Å². The monoisotopic (exact) mass is 326 g/mol. The molecule has 0 radical (unpaired) electrons. The highest BCUT2D eigenvalue weighted by atomic mass is 16.3. The number of benzene rings is 2. The number of rotatable bonds is 8. The first-order valence-electron chi connectivity index (χ1n) is 8.45. The summed E-state index contributed by atoms with van der Waals surface area (Å²) in [5, 5.41) is 13.0. The molecule has 4 heteroatoms. The summed E-state index contributed by atoms with van der Waals surface area (Å²) in [7, 11) is 0. The van der Waals surface area contributed by atoms with Gasteiger partial charge in [-0.25, -0.2) is 0 Å². The van der Waals surface area contributed by atoms with Crippen LogP contribution in [0.2, 0.25) is 0 Å². The van der Waals surface area contributed by atoms with Crippen LogP contribution in [0.25, 0.3) is 0 Å². The number of aliphatic hydroxyl groups excluding tert-OH is 1. The minimum Gasteiger partial charge on any atom is -0.378 e. The molecule has 1 unspecified atom stereocenters. The van der Waals surface area contributed by atoms with Gasteiger partial charge in [-0.1, -0.05) is 68.4 Å². The van der Waals surface area contributed by atoms with Crippen molar-refractivity contribution in [3.63, 3.8) is 0 Å². The van der Waals surface area contributed by atoms with Gasteiger partial charge < -0.3 is 10.4 Å². The normalized spacial score (nSPS) is 12.2. The van der Waals surface area contributed by atoms with Crippen LogP contribution in [0.4, 0.5) is 0 Å². The van der Waals surface area contributed by atoms with Crippen LogP contribution >= 0.6 is 0 Å². The molecule has 2 N–H and O–H groups in total. The third-order valence-corrected chi connectivity index (χ3v) is 4.22. The summed E-state index contributed by atoms with van der Waals surface area (Å²) < 4.78 is 0. The minimum absolute atomic E-state index is 0.376. The zero-order valence-corrected chi connectivity index (χ0v) is 14.4. The molecule has 2 aromatic rings. The fourth-order valence-electron chi connectivity index (χ4n) is 2.64. The van der Waals surface area contributed by atoms with Crippen molar-refractivity contribution >= 4 is 5.91 Å². The zero-order chi connectivity index (χ0) is 17.4. The van der Waals surface area contributed by atoms with Crippen LogP contribution in [0, 0.1) is 0 Å². The number of aliphatic hydroxyl groups is 1. The van der Waals surface area contributed by atoms with E-state index < -0.39 is 6.10 Å². The number of nitrogens with zero attached hydrogens (tertiary/aromatic N) is 1. The van der Waals surface area contributed by atoms with Gasteiger partial charge in [-0.2, -0.15) is 0 Å². The molecule has 1 atom stereocenters. The van der Waals surface area contributed by atoms with Crippen LogP contribution in [0.3, 0.4) is 0 Å². The van der Waals surface area contributed by atoms with Crippen molar-refractivity contribution in [3.05, 3.63) is 71.3 Å². The van der Waals surface area contributed by atoms with Crippen LogP contribution in [0.15, 0.2) is 54.6 Å². The van der Waals surface area contributed by atoms with E-state index >= 15 is 0 Å². The smallest absolute Gasteiger partial charge is 0.253 e. The van der Waals surface area contributed by atoms with Gasteiger partial charge in [0, 0.05) is 13.1 Å². The maximum atomic E-state index is 12.2. The number of hydrogen-bond acceptors (Lipinski definition) is 3. The second kappa shape index (κ2) is 9.21. The molecule has 0 aliphatic rings. The third kappa shape index (κ3) is 4.91. The number of amides is 1. The molecule has 0 saturated heterocycles. The summed E-state index contributed by atoms with van der Waals surface area (Å²) in [6, 6.07) is 17.1. The zero-order valence-electron chi connectivity index (χ0n) is 14.4. The lowest BCUT2D eigenvalue weighted by atomic mass is 10.1. The topological polar surface area (TPSA) is 52.6 Å². The molecule has 1 amide bonds. The van der Waals surface area contributed by atoms with E-state index in [9.17, 15) is 9.90 Å². The number of carbonyl (C=O) groups is 1. The van der Waals surface area contributed by atoms with Gasteiger partial charge in [0.1, 0.15) is 0 Å². The van der Waals surface area contributed by atoms with Crippen LogP contribution in [0.5, 0.6) is 0 Å². The Morgan fingerprint density at radius 2 is 1.58 bits per heavy atom. The fourth-order valence-corrected chi connectivity index (χ4v) is 2.64. The Hall–Kier alpha value is -2.17. The molecular formula is C20H26N2O2. The average molecular weight is 326 g/mol. The van der Waals surface area contributed by atoms with Crippen molar-refractivity contribution in [2.75, 3.05) is 13.1 Å². The van der Waals surface area contributed by atoms with E-state index in [1.807, 2.05) is 36.4 Å². The lowest BCUT2D eigenvalue weighted by molar-refractivity contribution is -0.129. The Morgan fingerprint density at radius 3 is 2.21 bits per heavy atom. The number of hydrogen-bond donors (Lipinski definition) is 2. The first-order valence-corrected chi connectivity index (χ1v) is 8.45. The Bertz CT molecular complexity index is 639. The first-order chi connectivity index (χ1) is 11.7. The van der Waals surface area contributed by atoms with E-state index in [4.69, 9.17) is 0 Å². The van der Waals surface area contributed by atoms with E-state index in [-0.39, 0.29) is 5.91 Å². The Morgan fingerprint density at radius 1 is 1.00 bits per heavy atom. The highest BCUT2D eigenvalue weighted by molar-refractivity contribution is 5.81. The van der Waals surface area contributed by atoms with Gasteiger partial charge in [0.15, 0.2) is 6.10 Å². The van der Waals surface area contributed by atoms with E-state index in [0.717, 1.165) is 25.2 Å². The van der Waals surface area contributed by atoms with E-state index in [1.165, 1.54) is 5.56 Å². The maximum Gasteiger partial charge on any atom is 0.253 e. The van der Waals surface area contributed by atoms with E-state index in [0.29, 0.717) is 12.1 Å². The van der Waals surface area contributed by atoms with E-state index in [1.54, 1.807) is 12.1 Å². The SMILES string of the molecule is CCN(CC)Cc1ccccc1CNC(=O)C(O)c1ccccc1. The molecule has 0 heterocycles. The van der Waals surface area contributed by atoms with Gasteiger partial charge in [0.2, 0.25) is 0 Å². The highest BCUT2D eigenvalue weighted by Crippen LogP contribution is 2.14. The quantitative estimate of drug-likeness (QED) is 0.784. The molecule has 0 spiro atoms. The summed E-state index contributed by atoms with van der Waals surface area (Å²) in [6.45, 7) is 7.54. The molecule has 0 fully saturated rings. The van der Waals surface area contributed by atoms with Gasteiger partial charge in [-0.15, -0.1) is 0 Å². The molecule has 0 aromatic heterocycles. The van der Waals surface area contributed by atoms with Gasteiger partial charge in [-0.3, -0.25) is 9.69 Å². The van der Waals surface area contributed by atoms with Crippen molar-refractivity contribution in [2.45, 2.75) is 33.0 Å². The van der Waals surface area contributed by atoms with Crippen LogP contribution in [0.1, 0.15) is 36.6 Å². The second-order valence-corrected chi connectivity index (χ2v) is 5.76. The summed E-state index contributed by atoms with van der Waals surface area (Å²) in [4.78, 5) is 14.5. The molecule has 4 nitrogen and oxygen atoms in total. The van der Waals surface area contributed by atoms with Crippen molar-refractivity contribution in [2.24, 2.45) is 0 Å². The molecule has 24 heavy (non-hydrogen) atoms. The van der Waals surface area contributed by atoms with Gasteiger partial charge in [-0.05, 0) is 29.8 Å². The van der Waals surface area contributed by atoms with Gasteiger partial charge >= 0.3 is 0 Å². The summed E-state index contributed by atoms with van der Waals surface area (Å²) in [5.41, 5.74) is 2.89. The average Bonchev–Trinajstić information content (AvgIpc) is 2.65. The molecule has 0 aliphatic heterocycles. The molecule has 2 aromatic carbocycles. The second-order valence-electron chi connectivity index (χ2n) is 5.76. The Labute approximate surface area is 144 Å². The Kier molecular flexibility index (Phi) is 6.97. The summed E-state index contributed by atoms with van der Waals surface area (Å²) in [6.07, 6.45) is -1.14. The lowest BCUT2D eigenvalue weighted by Gasteiger charge is -2.20. The number of nitrogens with one attached hydrogen (secondary N) is 1. The summed E-state index contributed by atoms with van der Waals surface area (Å²) in [5.74, 6) is -0.376. The highest BCUT2D eigenvalue weighted by Gasteiger charge is 2.17. The van der Waals surface area contributed by atoms with Crippen LogP contribution in [-0.2, 0) is 17.9 Å². The standard InChI is InChI=1S/C20H26N2O2/c1-3-22(4-2)15-18-13-9-8-12-17(18)14-21-20(24)19(23)16-10-6-5-7-11-16/h5-13,19,23H,3-4,14-15H2,1-2H3,(H,21,24). The third-order valence-electron chi connectivity index (χ3n) is 4.22. The van der Waals surface area contributed by atoms with Crippen molar-refractivity contribution in [3.8, 4) is 0 Å². The van der Waals surface area contributed by atoms with Gasteiger partial charge in [0.25, 0.3) is 5.91 Å². The van der Waals surface area contributed by atoms with Crippen molar-refractivity contribution < 1.29 is 9.90 Å². The minimum atomic E-state index is -1.14. The molecular weight excluding hydrogens is 300 g/mol. The van der Waals surface area contributed by atoms with E-state index in [2.05, 4.69) is 30.1 Å². The van der Waals surface area contributed by atoms with Crippen LogP contribution in [-0.4, -0.2) is 29.0 Å². The van der Waals surface area contributed by atoms with Crippen molar-refractivity contribution in [1.82, 2.24) is 10.2 Å². The van der Waals surface area contributed by atoms with Gasteiger partial charge in [0.05, 0.1) is 0 Å².